The summed E-state index contributed by atoms with van der Waals surface area (Å²) in [5.41, 5.74) is 6.00. The van der Waals surface area contributed by atoms with Gasteiger partial charge in [-0.1, -0.05) is 66.2 Å². The van der Waals surface area contributed by atoms with Gasteiger partial charge in [-0.15, -0.1) is 11.3 Å². The Hall–Kier alpha value is -2.91. The van der Waals surface area contributed by atoms with Crippen LogP contribution < -0.4 is 4.90 Å². The van der Waals surface area contributed by atoms with Crippen LogP contribution in [0.1, 0.15) is 38.3 Å². The smallest absolute Gasteiger partial charge is 0.268 e. The molecule has 1 aliphatic heterocycles. The van der Waals surface area contributed by atoms with E-state index in [1.807, 2.05) is 11.0 Å². The van der Waals surface area contributed by atoms with Crippen molar-refractivity contribution in [2.24, 2.45) is 0 Å². The van der Waals surface area contributed by atoms with E-state index < -0.39 is 0 Å². The minimum absolute atomic E-state index is 0.139. The minimum atomic E-state index is 0.139. The molecule has 1 amide bonds. The van der Waals surface area contributed by atoms with Gasteiger partial charge in [0.05, 0.1) is 4.88 Å². The van der Waals surface area contributed by atoms with E-state index in [-0.39, 0.29) is 5.91 Å². The van der Waals surface area contributed by atoms with E-state index in [0.29, 0.717) is 0 Å². The van der Waals surface area contributed by atoms with Gasteiger partial charge < -0.3 is 4.90 Å². The molecule has 0 N–H and O–H groups in total. The van der Waals surface area contributed by atoms with Crippen molar-refractivity contribution >= 4 is 33.0 Å². The van der Waals surface area contributed by atoms with Gasteiger partial charge in [-0.25, -0.2) is 0 Å². The van der Waals surface area contributed by atoms with E-state index in [9.17, 15) is 4.79 Å². The van der Waals surface area contributed by atoms with Gasteiger partial charge in [0.1, 0.15) is 0 Å². The molecule has 1 aromatic heterocycles. The molecule has 0 saturated heterocycles. The Balaban J connectivity index is 1.60. The summed E-state index contributed by atoms with van der Waals surface area (Å²) < 4.78 is 1.18. The minimum Gasteiger partial charge on any atom is -0.307 e. The van der Waals surface area contributed by atoms with Crippen molar-refractivity contribution in [1.82, 2.24) is 0 Å². The van der Waals surface area contributed by atoms with Crippen LogP contribution in [0, 0.1) is 6.92 Å². The summed E-state index contributed by atoms with van der Waals surface area (Å²) >= 11 is 1.63. The highest BCUT2D eigenvalue weighted by molar-refractivity contribution is 7.21. The number of hydrogen-bond acceptors (Lipinski definition) is 2. The normalized spacial score (nSPS) is 13.5. The number of hydrogen-bond donors (Lipinski definition) is 0. The largest absolute Gasteiger partial charge is 0.307 e. The number of nitrogens with zero attached hydrogens (tertiary/aromatic N) is 1. The molecule has 0 aliphatic carbocycles. The predicted molar refractivity (Wildman–Crippen MR) is 122 cm³/mol. The van der Waals surface area contributed by atoms with Gasteiger partial charge in [0.15, 0.2) is 0 Å². The first kappa shape index (κ1) is 18.1. The fourth-order valence-corrected chi connectivity index (χ4v) is 5.39. The molecule has 29 heavy (non-hydrogen) atoms. The number of thiophene rings is 1. The third-order valence-electron chi connectivity index (χ3n) is 5.75. The van der Waals surface area contributed by atoms with E-state index in [0.717, 1.165) is 41.9 Å². The fourth-order valence-electron chi connectivity index (χ4n) is 4.22. The lowest BCUT2D eigenvalue weighted by atomic mass is 9.99. The highest BCUT2D eigenvalue weighted by Gasteiger charge is 2.27. The van der Waals surface area contributed by atoms with Crippen LogP contribution in [0.2, 0.25) is 0 Å². The summed E-state index contributed by atoms with van der Waals surface area (Å²) in [6.45, 7) is 2.89. The van der Waals surface area contributed by atoms with Gasteiger partial charge in [0, 0.05) is 16.9 Å². The summed E-state index contributed by atoms with van der Waals surface area (Å²) in [4.78, 5) is 16.6. The predicted octanol–water partition coefficient (Wildman–Crippen LogP) is 6.39. The van der Waals surface area contributed by atoms with Gasteiger partial charge in [-0.05, 0) is 60.4 Å². The number of aryl methyl sites for hydroxylation is 2. The van der Waals surface area contributed by atoms with Crippen LogP contribution in [0.5, 0.6) is 0 Å². The molecular weight excluding hydrogens is 374 g/mol. The summed E-state index contributed by atoms with van der Waals surface area (Å²) in [7, 11) is 0. The van der Waals surface area contributed by atoms with E-state index in [1.54, 1.807) is 11.3 Å². The van der Waals surface area contributed by atoms with E-state index >= 15 is 0 Å². The highest BCUT2D eigenvalue weighted by atomic mass is 32.1. The molecule has 0 unspecified atom stereocenters. The highest BCUT2D eigenvalue weighted by Crippen LogP contribution is 2.36. The third-order valence-corrected chi connectivity index (χ3v) is 6.95. The number of carbonyl (C=O) groups excluding carboxylic acids is 1. The SMILES string of the molecule is Cc1ccc(Cc2c(C(=O)N3CCCc4ccccc43)sc3ccccc23)cc1. The van der Waals surface area contributed by atoms with Crippen LogP contribution in [0.3, 0.4) is 0 Å². The molecule has 0 fully saturated rings. The summed E-state index contributed by atoms with van der Waals surface area (Å²) in [5, 5.41) is 1.20. The average Bonchev–Trinajstić information content (AvgIpc) is 3.13. The Morgan fingerprint density at radius 3 is 2.59 bits per heavy atom. The zero-order chi connectivity index (χ0) is 19.8. The second kappa shape index (κ2) is 7.49. The first-order valence-corrected chi connectivity index (χ1v) is 11.0. The van der Waals surface area contributed by atoms with Crippen molar-refractivity contribution in [3.63, 3.8) is 0 Å². The summed E-state index contributed by atoms with van der Waals surface area (Å²) in [6, 6.07) is 25.4. The maximum absolute atomic E-state index is 13.7. The Labute approximate surface area is 175 Å². The van der Waals surface area contributed by atoms with Crippen LogP contribution in [-0.4, -0.2) is 12.5 Å². The molecule has 0 saturated carbocycles. The van der Waals surface area contributed by atoms with E-state index in [2.05, 4.69) is 73.7 Å². The molecule has 2 heterocycles. The number of fused-ring (bicyclic) bond motifs is 2. The number of benzene rings is 3. The molecule has 5 rings (SSSR count). The number of anilines is 1. The van der Waals surface area contributed by atoms with Gasteiger partial charge in [0.2, 0.25) is 0 Å². The summed E-state index contributed by atoms with van der Waals surface area (Å²) in [6.07, 6.45) is 2.84. The fraction of sp³-hybridized carbons (Fsp3) is 0.192. The summed E-state index contributed by atoms with van der Waals surface area (Å²) in [5.74, 6) is 0.139. The van der Waals surface area contributed by atoms with E-state index in [1.165, 1.54) is 26.8 Å². The second-order valence-corrected chi connectivity index (χ2v) is 8.81. The number of amides is 1. The molecule has 0 spiro atoms. The van der Waals surface area contributed by atoms with Crippen LogP contribution in [0.25, 0.3) is 10.1 Å². The lowest BCUT2D eigenvalue weighted by Gasteiger charge is -2.29. The standard InChI is InChI=1S/C26H23NOS/c1-18-12-14-19(15-13-18)17-22-21-9-3-5-11-24(21)29-25(22)26(28)27-16-6-8-20-7-2-4-10-23(20)27/h2-5,7,9-15H,6,8,16-17H2,1H3. The Morgan fingerprint density at radius 1 is 0.966 bits per heavy atom. The quantitative estimate of drug-likeness (QED) is 0.392. The third kappa shape index (κ3) is 3.36. The monoisotopic (exact) mass is 397 g/mol. The first-order chi connectivity index (χ1) is 14.2. The molecule has 2 nitrogen and oxygen atoms in total. The van der Waals surface area contributed by atoms with Crippen molar-refractivity contribution in [1.29, 1.82) is 0 Å². The average molecular weight is 398 g/mol. The lowest BCUT2D eigenvalue weighted by molar-refractivity contribution is 0.0988. The maximum atomic E-state index is 13.7. The van der Waals surface area contributed by atoms with Crippen molar-refractivity contribution in [2.75, 3.05) is 11.4 Å². The zero-order valence-electron chi connectivity index (χ0n) is 16.5. The van der Waals surface area contributed by atoms with Crippen molar-refractivity contribution in [3.8, 4) is 0 Å². The van der Waals surface area contributed by atoms with Crippen molar-refractivity contribution in [2.45, 2.75) is 26.2 Å². The Morgan fingerprint density at radius 2 is 1.72 bits per heavy atom. The Bertz CT molecular complexity index is 1190. The molecule has 144 valence electrons. The van der Waals surface area contributed by atoms with Gasteiger partial charge in [-0.3, -0.25) is 4.79 Å². The number of para-hydroxylation sites is 1. The van der Waals surface area contributed by atoms with Crippen LogP contribution in [-0.2, 0) is 12.8 Å². The number of rotatable bonds is 3. The molecule has 0 bridgehead atoms. The first-order valence-electron chi connectivity index (χ1n) is 10.2. The molecule has 3 heteroatoms. The molecular formula is C26H23NOS. The molecule has 0 atom stereocenters. The van der Waals surface area contributed by atoms with Crippen LogP contribution in [0.4, 0.5) is 5.69 Å². The molecule has 3 aromatic carbocycles. The van der Waals surface area contributed by atoms with Gasteiger partial charge >= 0.3 is 0 Å². The molecule has 1 aliphatic rings. The molecule has 4 aromatic rings. The topological polar surface area (TPSA) is 20.3 Å². The van der Waals surface area contributed by atoms with Gasteiger partial charge in [0.25, 0.3) is 5.91 Å². The van der Waals surface area contributed by atoms with Crippen molar-refractivity contribution in [3.05, 3.63) is 99.9 Å². The number of carbonyl (C=O) groups is 1. The van der Waals surface area contributed by atoms with E-state index in [4.69, 9.17) is 0 Å². The lowest BCUT2D eigenvalue weighted by Crippen LogP contribution is -2.35. The second-order valence-electron chi connectivity index (χ2n) is 7.76. The molecule has 0 radical (unpaired) electrons. The van der Waals surface area contributed by atoms with Crippen molar-refractivity contribution < 1.29 is 4.79 Å². The zero-order valence-corrected chi connectivity index (χ0v) is 17.3. The maximum Gasteiger partial charge on any atom is 0.268 e. The van der Waals surface area contributed by atoms with Crippen LogP contribution >= 0.6 is 11.3 Å². The van der Waals surface area contributed by atoms with Crippen LogP contribution in [0.15, 0.2) is 72.8 Å². The Kier molecular flexibility index (Phi) is 4.69. The van der Waals surface area contributed by atoms with Gasteiger partial charge in [-0.2, -0.15) is 0 Å².